The molecule has 3 nitrogen and oxygen atoms in total. The molecule has 1 aromatic rings. The fourth-order valence-corrected chi connectivity index (χ4v) is 4.36. The number of aromatic nitrogens is 1. The monoisotopic (exact) mass is 264 g/mol. The molecule has 2 saturated heterocycles. The van der Waals surface area contributed by atoms with Gasteiger partial charge in [0.25, 0.3) is 0 Å². The van der Waals surface area contributed by atoms with Crippen molar-refractivity contribution in [3.05, 3.63) is 16.1 Å². The normalized spacial score (nSPS) is 29.8. The highest BCUT2D eigenvalue weighted by atomic mass is 32.1. The number of piperidine rings is 1. The van der Waals surface area contributed by atoms with Crippen LogP contribution >= 0.6 is 11.3 Å². The van der Waals surface area contributed by atoms with Gasteiger partial charge in [-0.2, -0.15) is 0 Å². The number of carbonyl (C=O) groups excluding carboxylic acids is 1. The Morgan fingerprint density at radius 1 is 1.44 bits per heavy atom. The van der Waals surface area contributed by atoms with Crippen molar-refractivity contribution >= 4 is 17.1 Å². The molecule has 0 N–H and O–H groups in total. The van der Waals surface area contributed by atoms with Crippen molar-refractivity contribution in [2.24, 2.45) is 0 Å². The molecule has 2 bridgehead atoms. The van der Waals surface area contributed by atoms with Gasteiger partial charge in [-0.1, -0.05) is 6.92 Å². The first-order valence-electron chi connectivity index (χ1n) is 6.92. The van der Waals surface area contributed by atoms with Crippen molar-refractivity contribution in [2.75, 3.05) is 0 Å². The minimum absolute atomic E-state index is 0.376. The van der Waals surface area contributed by atoms with Crippen LogP contribution in [0.15, 0.2) is 6.20 Å². The molecule has 98 valence electrons. The molecule has 0 aliphatic carbocycles. The van der Waals surface area contributed by atoms with Gasteiger partial charge in [-0.3, -0.25) is 9.69 Å². The molecular weight excluding hydrogens is 244 g/mol. The molecule has 2 aliphatic heterocycles. The van der Waals surface area contributed by atoms with Crippen molar-refractivity contribution in [3.8, 4) is 0 Å². The molecule has 2 aliphatic rings. The highest BCUT2D eigenvalue weighted by molar-refractivity contribution is 7.11. The average molecular weight is 264 g/mol. The molecule has 3 heterocycles. The van der Waals surface area contributed by atoms with E-state index >= 15 is 0 Å². The van der Waals surface area contributed by atoms with Crippen molar-refractivity contribution in [1.29, 1.82) is 0 Å². The number of hydrogen-bond acceptors (Lipinski definition) is 4. The SMILES string of the molecule is CCc1cnc(C(C)N2C3CCC2CC(=O)C3)s1. The number of thiazole rings is 1. The minimum Gasteiger partial charge on any atom is -0.300 e. The summed E-state index contributed by atoms with van der Waals surface area (Å²) in [4.78, 5) is 20.1. The van der Waals surface area contributed by atoms with Crippen LogP contribution < -0.4 is 0 Å². The first-order valence-corrected chi connectivity index (χ1v) is 7.74. The Bertz CT molecular complexity index is 440. The number of Topliss-reactive ketones (excluding diaryl/α,β-unsaturated/α-hetero) is 1. The molecule has 4 heteroatoms. The number of fused-ring (bicyclic) bond motifs is 2. The van der Waals surface area contributed by atoms with Crippen molar-refractivity contribution in [3.63, 3.8) is 0 Å². The third kappa shape index (κ3) is 2.01. The van der Waals surface area contributed by atoms with Gasteiger partial charge in [0.1, 0.15) is 10.8 Å². The molecule has 3 rings (SSSR count). The van der Waals surface area contributed by atoms with Crippen LogP contribution in [0.2, 0.25) is 0 Å². The minimum atomic E-state index is 0.376. The fourth-order valence-electron chi connectivity index (χ4n) is 3.44. The summed E-state index contributed by atoms with van der Waals surface area (Å²) in [7, 11) is 0. The highest BCUT2D eigenvalue weighted by Gasteiger charge is 2.43. The summed E-state index contributed by atoms with van der Waals surface area (Å²) in [6.07, 6.45) is 6.96. The molecule has 2 fully saturated rings. The Kier molecular flexibility index (Phi) is 3.24. The summed E-state index contributed by atoms with van der Waals surface area (Å²) in [6, 6.07) is 1.32. The van der Waals surface area contributed by atoms with E-state index < -0.39 is 0 Å². The largest absolute Gasteiger partial charge is 0.300 e. The Morgan fingerprint density at radius 2 is 2.11 bits per heavy atom. The third-order valence-corrected chi connectivity index (χ3v) is 5.64. The van der Waals surface area contributed by atoms with Gasteiger partial charge in [0.2, 0.25) is 0 Å². The summed E-state index contributed by atoms with van der Waals surface area (Å²) in [5, 5.41) is 1.22. The molecule has 0 amide bonds. The molecule has 0 radical (unpaired) electrons. The topological polar surface area (TPSA) is 33.2 Å². The van der Waals surface area contributed by atoms with Gasteiger partial charge in [0.05, 0.1) is 6.04 Å². The zero-order valence-corrected chi connectivity index (χ0v) is 11.9. The molecule has 1 aromatic heterocycles. The van der Waals surface area contributed by atoms with Gasteiger partial charge in [0, 0.05) is 36.0 Å². The predicted octanol–water partition coefficient (Wildman–Crippen LogP) is 2.96. The summed E-state index contributed by atoms with van der Waals surface area (Å²) < 4.78 is 0. The molecular formula is C14H20N2OS. The van der Waals surface area contributed by atoms with Crippen LogP contribution in [-0.2, 0) is 11.2 Å². The van der Waals surface area contributed by atoms with E-state index in [-0.39, 0.29) is 0 Å². The van der Waals surface area contributed by atoms with Crippen LogP contribution in [0.25, 0.3) is 0 Å². The van der Waals surface area contributed by atoms with E-state index in [2.05, 4.69) is 23.7 Å². The van der Waals surface area contributed by atoms with Gasteiger partial charge in [-0.15, -0.1) is 11.3 Å². The van der Waals surface area contributed by atoms with Gasteiger partial charge >= 0.3 is 0 Å². The number of carbonyl (C=O) groups is 1. The van der Waals surface area contributed by atoms with E-state index in [1.54, 1.807) is 0 Å². The standard InChI is InChI=1S/C14H20N2OS/c1-3-13-8-15-14(18-13)9(2)16-10-4-5-11(16)7-12(17)6-10/h8-11H,3-7H2,1-2H3. The maximum atomic E-state index is 11.6. The molecule has 0 aromatic carbocycles. The highest BCUT2D eigenvalue weighted by Crippen LogP contribution is 2.40. The summed E-state index contributed by atoms with van der Waals surface area (Å²) >= 11 is 1.83. The van der Waals surface area contributed by atoms with E-state index in [4.69, 9.17) is 0 Å². The second-order valence-corrected chi connectivity index (χ2v) is 6.62. The van der Waals surface area contributed by atoms with Crippen LogP contribution in [0.1, 0.15) is 55.5 Å². The first-order chi connectivity index (χ1) is 8.69. The third-order valence-electron chi connectivity index (χ3n) is 4.33. The smallest absolute Gasteiger partial charge is 0.136 e. The second kappa shape index (κ2) is 4.74. The number of hydrogen-bond donors (Lipinski definition) is 0. The van der Waals surface area contributed by atoms with E-state index in [0.717, 1.165) is 19.3 Å². The molecule has 18 heavy (non-hydrogen) atoms. The maximum Gasteiger partial charge on any atom is 0.136 e. The lowest BCUT2D eigenvalue weighted by Gasteiger charge is -2.37. The lowest BCUT2D eigenvalue weighted by atomic mass is 9.99. The van der Waals surface area contributed by atoms with Gasteiger partial charge < -0.3 is 0 Å². The van der Waals surface area contributed by atoms with Gasteiger partial charge in [0.15, 0.2) is 0 Å². The first kappa shape index (κ1) is 12.3. The Labute approximate surface area is 112 Å². The Balaban J connectivity index is 1.80. The Morgan fingerprint density at radius 3 is 2.67 bits per heavy atom. The summed E-state index contributed by atoms with van der Waals surface area (Å²) in [5.74, 6) is 0.458. The number of aryl methyl sites for hydroxylation is 1. The predicted molar refractivity (Wildman–Crippen MR) is 72.8 cm³/mol. The van der Waals surface area contributed by atoms with E-state index in [9.17, 15) is 4.79 Å². The zero-order chi connectivity index (χ0) is 12.7. The molecule has 3 atom stereocenters. The van der Waals surface area contributed by atoms with Gasteiger partial charge in [-0.05, 0) is 26.2 Å². The van der Waals surface area contributed by atoms with Crippen LogP contribution in [0.4, 0.5) is 0 Å². The number of ketones is 1. The van der Waals surface area contributed by atoms with Crippen LogP contribution in [0.5, 0.6) is 0 Å². The van der Waals surface area contributed by atoms with Crippen molar-refractivity contribution in [2.45, 2.75) is 64.1 Å². The summed E-state index contributed by atoms with van der Waals surface area (Å²) in [6.45, 7) is 4.42. The molecule has 0 spiro atoms. The van der Waals surface area contributed by atoms with Crippen LogP contribution in [-0.4, -0.2) is 27.8 Å². The lowest BCUT2D eigenvalue weighted by Crippen LogP contribution is -2.44. The van der Waals surface area contributed by atoms with Crippen molar-refractivity contribution < 1.29 is 4.79 Å². The average Bonchev–Trinajstić information content (AvgIpc) is 2.92. The van der Waals surface area contributed by atoms with Gasteiger partial charge in [-0.25, -0.2) is 4.98 Å². The molecule has 0 saturated carbocycles. The molecule has 3 unspecified atom stereocenters. The quantitative estimate of drug-likeness (QED) is 0.841. The number of nitrogens with zero attached hydrogens (tertiary/aromatic N) is 2. The summed E-state index contributed by atoms with van der Waals surface area (Å²) in [5.41, 5.74) is 0. The fraction of sp³-hybridized carbons (Fsp3) is 0.714. The van der Waals surface area contributed by atoms with Crippen molar-refractivity contribution in [1.82, 2.24) is 9.88 Å². The Hall–Kier alpha value is -0.740. The maximum absolute atomic E-state index is 11.6. The van der Waals surface area contributed by atoms with E-state index in [1.807, 2.05) is 17.5 Å². The van der Waals surface area contributed by atoms with Crippen LogP contribution in [0, 0.1) is 0 Å². The van der Waals surface area contributed by atoms with Crippen LogP contribution in [0.3, 0.4) is 0 Å². The van der Waals surface area contributed by atoms with E-state index in [1.165, 1.54) is 22.7 Å². The second-order valence-electron chi connectivity index (χ2n) is 5.47. The zero-order valence-electron chi connectivity index (χ0n) is 11.1. The lowest BCUT2D eigenvalue weighted by molar-refractivity contribution is -0.124. The van der Waals surface area contributed by atoms with E-state index in [0.29, 0.717) is 23.9 Å². The number of rotatable bonds is 3.